The van der Waals surface area contributed by atoms with Crippen LogP contribution in [0.3, 0.4) is 0 Å². The zero-order chi connectivity index (χ0) is 28.0. The summed E-state index contributed by atoms with van der Waals surface area (Å²) in [6, 6.07) is 11.9. The molecule has 9 heteroatoms. The maximum absolute atomic E-state index is 14.2. The maximum Gasteiger partial charge on any atom is 0.246 e. The maximum atomic E-state index is 14.2. The van der Waals surface area contributed by atoms with Crippen LogP contribution in [0.1, 0.15) is 43.2 Å². The van der Waals surface area contributed by atoms with E-state index in [1.807, 2.05) is 49.4 Å². The third-order valence-electron chi connectivity index (χ3n) is 8.80. The van der Waals surface area contributed by atoms with E-state index in [1.165, 1.54) is 6.42 Å². The predicted octanol–water partition coefficient (Wildman–Crippen LogP) is 4.40. The van der Waals surface area contributed by atoms with Crippen molar-refractivity contribution in [3.63, 3.8) is 0 Å². The van der Waals surface area contributed by atoms with Gasteiger partial charge in [0.05, 0.1) is 25.0 Å². The molecule has 1 spiro atoms. The topological polar surface area (TPSA) is 97.0 Å². The van der Waals surface area contributed by atoms with Gasteiger partial charge >= 0.3 is 0 Å². The number of likely N-dealkylation sites (tertiary alicyclic amines) is 1. The highest BCUT2D eigenvalue weighted by Gasteiger charge is 2.72. The van der Waals surface area contributed by atoms with Crippen molar-refractivity contribution in [2.24, 2.45) is 11.8 Å². The molecule has 1 saturated carbocycles. The van der Waals surface area contributed by atoms with Crippen molar-refractivity contribution in [1.29, 1.82) is 0 Å². The first-order chi connectivity index (χ1) is 19.3. The number of amides is 3. The van der Waals surface area contributed by atoms with E-state index in [9.17, 15) is 14.4 Å². The number of hydrogen-bond donors (Lipinski definition) is 2. The van der Waals surface area contributed by atoms with E-state index in [1.54, 1.807) is 24.1 Å². The Balaban J connectivity index is 1.32. The van der Waals surface area contributed by atoms with E-state index < -0.39 is 29.6 Å². The fourth-order valence-corrected chi connectivity index (χ4v) is 7.01. The highest BCUT2D eigenvalue weighted by atomic mass is 35.5. The van der Waals surface area contributed by atoms with Crippen LogP contribution in [0.15, 0.2) is 54.6 Å². The number of ether oxygens (including phenoxy) is 2. The molecule has 2 saturated heterocycles. The summed E-state index contributed by atoms with van der Waals surface area (Å²) >= 11 is 6.28. The Morgan fingerprint density at radius 2 is 1.93 bits per heavy atom. The van der Waals surface area contributed by atoms with Gasteiger partial charge in [-0.05, 0) is 55.2 Å². The number of hydrogen-bond acceptors (Lipinski definition) is 5. The van der Waals surface area contributed by atoms with Gasteiger partial charge in [-0.3, -0.25) is 14.4 Å². The molecule has 40 heavy (non-hydrogen) atoms. The van der Waals surface area contributed by atoms with Crippen molar-refractivity contribution in [1.82, 2.24) is 10.2 Å². The Morgan fingerprint density at radius 1 is 1.12 bits per heavy atom. The van der Waals surface area contributed by atoms with Crippen LogP contribution in [0.2, 0.25) is 5.02 Å². The van der Waals surface area contributed by atoms with Gasteiger partial charge in [0.15, 0.2) is 0 Å². The molecule has 4 aliphatic rings. The van der Waals surface area contributed by atoms with E-state index >= 15 is 0 Å². The van der Waals surface area contributed by atoms with Crippen molar-refractivity contribution in [2.45, 2.75) is 69.4 Å². The van der Waals surface area contributed by atoms with Crippen LogP contribution in [-0.4, -0.2) is 53.5 Å². The number of carbonyl (C=O) groups excluding carboxylic acids is 3. The van der Waals surface area contributed by atoms with Crippen LogP contribution >= 0.6 is 11.6 Å². The molecule has 5 atom stereocenters. The van der Waals surface area contributed by atoms with Gasteiger partial charge in [-0.25, -0.2) is 0 Å². The lowest BCUT2D eigenvalue weighted by molar-refractivity contribution is -0.142. The molecule has 1 aliphatic carbocycles. The number of carbonyl (C=O) groups is 3. The molecule has 3 fully saturated rings. The monoisotopic (exact) mass is 563 g/mol. The molecule has 0 aromatic heterocycles. The summed E-state index contributed by atoms with van der Waals surface area (Å²) in [5, 5.41) is 6.69. The first-order valence-electron chi connectivity index (χ1n) is 14.0. The van der Waals surface area contributed by atoms with Crippen LogP contribution in [0.4, 0.5) is 5.69 Å². The molecule has 2 aromatic rings. The zero-order valence-electron chi connectivity index (χ0n) is 22.7. The Bertz CT molecular complexity index is 1370. The minimum absolute atomic E-state index is 0.0680. The number of fused-ring (bicyclic) bond motifs is 1. The molecule has 2 aromatic carbocycles. The molecule has 8 nitrogen and oxygen atoms in total. The van der Waals surface area contributed by atoms with Gasteiger partial charge in [0.1, 0.15) is 17.4 Å². The average Bonchev–Trinajstić information content (AvgIpc) is 3.59. The van der Waals surface area contributed by atoms with Crippen molar-refractivity contribution in [2.75, 3.05) is 12.4 Å². The van der Waals surface area contributed by atoms with Crippen molar-refractivity contribution in [3.8, 4) is 5.75 Å². The summed E-state index contributed by atoms with van der Waals surface area (Å²) in [6.45, 7) is 2.08. The predicted molar refractivity (Wildman–Crippen MR) is 151 cm³/mol. The molecular formula is C31H34ClN3O5. The van der Waals surface area contributed by atoms with E-state index in [0.717, 1.165) is 36.8 Å². The summed E-state index contributed by atoms with van der Waals surface area (Å²) in [4.78, 5) is 43.5. The summed E-state index contributed by atoms with van der Waals surface area (Å²) in [5.41, 5.74) is 1.06. The Labute approximate surface area is 239 Å². The third kappa shape index (κ3) is 4.57. The highest BCUT2D eigenvalue weighted by molar-refractivity contribution is 6.31. The first-order valence-corrected chi connectivity index (χ1v) is 14.4. The average molecular weight is 564 g/mol. The highest BCUT2D eigenvalue weighted by Crippen LogP contribution is 2.55. The van der Waals surface area contributed by atoms with E-state index in [2.05, 4.69) is 10.6 Å². The number of methoxy groups -OCH3 is 1. The largest absolute Gasteiger partial charge is 0.497 e. The number of rotatable bonds is 7. The SMILES string of the molecule is COc1cccc(CN2C(=O)[C@H]3[C@H](C(=O)Nc4ccc(C)c(Cl)c4)[C@H]4C=C[C@@]3(O4)[C@H]2C(=O)NC2CCCCC2)c1. The number of benzene rings is 2. The summed E-state index contributed by atoms with van der Waals surface area (Å²) in [6.07, 6.45) is 8.21. The van der Waals surface area contributed by atoms with E-state index in [0.29, 0.717) is 16.5 Å². The van der Waals surface area contributed by atoms with Crippen LogP contribution in [0.5, 0.6) is 5.75 Å². The lowest BCUT2D eigenvalue weighted by Gasteiger charge is -2.34. The minimum atomic E-state index is -1.22. The standard InChI is InChI=1S/C31H34ClN3O5/c1-18-11-12-21(16-23(18)32)34-28(36)25-24-13-14-31(40-24)26(25)30(38)35(17-19-7-6-10-22(15-19)39-2)27(31)29(37)33-20-8-4-3-5-9-20/h6-7,10-16,20,24-27H,3-5,8-9,17H2,1-2H3,(H,33,37)(H,34,36)/t24-,25-,26-,27-,31+/m1/s1. The minimum Gasteiger partial charge on any atom is -0.497 e. The Morgan fingerprint density at radius 3 is 2.67 bits per heavy atom. The molecule has 0 radical (unpaired) electrons. The molecule has 210 valence electrons. The summed E-state index contributed by atoms with van der Waals surface area (Å²) < 4.78 is 11.8. The van der Waals surface area contributed by atoms with Crippen LogP contribution in [0, 0.1) is 18.8 Å². The van der Waals surface area contributed by atoms with Crippen LogP contribution in [-0.2, 0) is 25.7 Å². The first kappa shape index (κ1) is 26.8. The smallest absolute Gasteiger partial charge is 0.246 e. The van der Waals surface area contributed by atoms with Crippen LogP contribution in [0.25, 0.3) is 0 Å². The van der Waals surface area contributed by atoms with Gasteiger partial charge in [-0.2, -0.15) is 0 Å². The van der Waals surface area contributed by atoms with Gasteiger partial charge in [-0.15, -0.1) is 0 Å². The van der Waals surface area contributed by atoms with Gasteiger partial charge < -0.3 is 25.0 Å². The Hall–Kier alpha value is -3.36. The fourth-order valence-electron chi connectivity index (χ4n) is 6.83. The fraction of sp³-hybridized carbons (Fsp3) is 0.452. The van der Waals surface area contributed by atoms with Crippen LogP contribution < -0.4 is 15.4 Å². The second-order valence-electron chi connectivity index (χ2n) is 11.3. The summed E-state index contributed by atoms with van der Waals surface area (Å²) in [7, 11) is 1.59. The lowest BCUT2D eigenvalue weighted by atomic mass is 9.74. The van der Waals surface area contributed by atoms with E-state index in [4.69, 9.17) is 21.1 Å². The molecule has 3 amide bonds. The summed E-state index contributed by atoms with van der Waals surface area (Å²) in [5.74, 6) is -1.77. The lowest BCUT2D eigenvalue weighted by Crippen LogP contribution is -2.56. The number of nitrogens with zero attached hydrogens (tertiary/aromatic N) is 1. The molecule has 3 heterocycles. The zero-order valence-corrected chi connectivity index (χ0v) is 23.4. The molecule has 0 unspecified atom stereocenters. The van der Waals surface area contributed by atoms with Gasteiger partial charge in [0.2, 0.25) is 17.7 Å². The number of anilines is 1. The number of nitrogens with one attached hydrogen (secondary N) is 2. The number of aryl methyl sites for hydroxylation is 1. The second kappa shape index (κ2) is 10.6. The van der Waals surface area contributed by atoms with E-state index in [-0.39, 0.29) is 30.3 Å². The second-order valence-corrected chi connectivity index (χ2v) is 11.7. The molecule has 6 rings (SSSR count). The Kier molecular flexibility index (Phi) is 7.09. The molecule has 2 N–H and O–H groups in total. The molecule has 2 bridgehead atoms. The van der Waals surface area contributed by atoms with Crippen molar-refractivity contribution >= 4 is 35.0 Å². The third-order valence-corrected chi connectivity index (χ3v) is 9.21. The quantitative estimate of drug-likeness (QED) is 0.487. The number of halogens is 1. The molecular weight excluding hydrogens is 530 g/mol. The van der Waals surface area contributed by atoms with Crippen molar-refractivity contribution < 1.29 is 23.9 Å². The van der Waals surface area contributed by atoms with Crippen molar-refractivity contribution in [3.05, 3.63) is 70.8 Å². The van der Waals surface area contributed by atoms with Gasteiger partial charge in [-0.1, -0.05) is 61.2 Å². The van der Waals surface area contributed by atoms with Gasteiger partial charge in [0.25, 0.3) is 0 Å². The normalized spacial score (nSPS) is 29.0. The molecule has 3 aliphatic heterocycles. The van der Waals surface area contributed by atoms with Gasteiger partial charge in [0, 0.05) is 23.3 Å².